The van der Waals surface area contributed by atoms with E-state index >= 15 is 0 Å². The van der Waals surface area contributed by atoms with Crippen LogP contribution in [-0.2, 0) is 13.0 Å². The Labute approximate surface area is 149 Å². The molecule has 0 atom stereocenters. The van der Waals surface area contributed by atoms with Gasteiger partial charge in [-0.1, -0.05) is 6.42 Å². The first-order valence-electron chi connectivity index (χ1n) is 9.51. The summed E-state index contributed by atoms with van der Waals surface area (Å²) in [7, 11) is 1.99. The van der Waals surface area contributed by atoms with Crippen LogP contribution in [0.2, 0.25) is 0 Å². The van der Waals surface area contributed by atoms with Gasteiger partial charge in [0.25, 0.3) is 0 Å². The van der Waals surface area contributed by atoms with Crippen LogP contribution in [0, 0.1) is 0 Å². The first kappa shape index (κ1) is 16.7. The van der Waals surface area contributed by atoms with E-state index in [9.17, 15) is 0 Å². The number of likely N-dealkylation sites (N-methyl/N-ethyl adjacent to an activating group) is 1. The number of nitrogens with zero attached hydrogens (tertiary/aromatic N) is 3. The average Bonchev–Trinajstić information content (AvgIpc) is 3.00. The third-order valence-corrected chi connectivity index (χ3v) is 5.18. The standard InChI is InChI=1S/C19H28N4O2/c1-20-6-5-19-21-15-13-17-18(25-12-11-24-17)14-16(15)23(19)10-9-22-7-3-2-4-8-22/h13-14,20H,2-12H2,1H3. The van der Waals surface area contributed by atoms with Crippen molar-refractivity contribution in [1.29, 1.82) is 0 Å². The second kappa shape index (κ2) is 7.62. The van der Waals surface area contributed by atoms with Gasteiger partial charge >= 0.3 is 0 Å². The minimum absolute atomic E-state index is 0.612. The summed E-state index contributed by atoms with van der Waals surface area (Å²) in [5.41, 5.74) is 2.17. The van der Waals surface area contributed by atoms with Gasteiger partial charge in [-0.05, 0) is 33.0 Å². The van der Waals surface area contributed by atoms with Gasteiger partial charge in [-0.25, -0.2) is 4.98 Å². The number of nitrogens with one attached hydrogen (secondary N) is 1. The minimum Gasteiger partial charge on any atom is -0.486 e. The van der Waals surface area contributed by atoms with E-state index in [1.165, 1.54) is 32.4 Å². The van der Waals surface area contributed by atoms with E-state index in [2.05, 4.69) is 20.9 Å². The molecule has 4 rings (SSSR count). The molecule has 1 aromatic carbocycles. The summed E-state index contributed by atoms with van der Waals surface area (Å²) in [5.74, 6) is 2.81. The second-order valence-electron chi connectivity index (χ2n) is 6.92. The zero-order chi connectivity index (χ0) is 17.1. The monoisotopic (exact) mass is 344 g/mol. The minimum atomic E-state index is 0.612. The second-order valence-corrected chi connectivity index (χ2v) is 6.92. The fourth-order valence-electron chi connectivity index (χ4n) is 3.81. The summed E-state index contributed by atoms with van der Waals surface area (Å²) in [6, 6.07) is 4.14. The van der Waals surface area contributed by atoms with Crippen molar-refractivity contribution in [3.63, 3.8) is 0 Å². The molecule has 2 aliphatic heterocycles. The number of aromatic nitrogens is 2. The van der Waals surface area contributed by atoms with E-state index in [1.54, 1.807) is 0 Å². The fraction of sp³-hybridized carbons (Fsp3) is 0.632. The molecule has 136 valence electrons. The van der Waals surface area contributed by atoms with Gasteiger partial charge in [0.05, 0.1) is 11.0 Å². The van der Waals surface area contributed by atoms with Crippen molar-refractivity contribution in [1.82, 2.24) is 19.8 Å². The van der Waals surface area contributed by atoms with Gasteiger partial charge in [0.15, 0.2) is 11.5 Å². The summed E-state index contributed by atoms with van der Waals surface area (Å²) in [5, 5.41) is 3.24. The van der Waals surface area contributed by atoms with E-state index in [0.717, 1.165) is 54.4 Å². The van der Waals surface area contributed by atoms with Crippen molar-refractivity contribution in [3.8, 4) is 11.5 Å². The van der Waals surface area contributed by atoms with Crippen molar-refractivity contribution in [2.75, 3.05) is 46.4 Å². The first-order valence-corrected chi connectivity index (χ1v) is 9.51. The molecule has 6 heteroatoms. The molecule has 25 heavy (non-hydrogen) atoms. The SMILES string of the molecule is CNCCc1nc2cc3c(cc2n1CCN1CCCCC1)OCCO3. The molecule has 0 aliphatic carbocycles. The van der Waals surface area contributed by atoms with Crippen LogP contribution in [0.5, 0.6) is 11.5 Å². The Hall–Kier alpha value is -1.79. The highest BCUT2D eigenvalue weighted by Crippen LogP contribution is 2.34. The first-order chi connectivity index (χ1) is 12.3. The van der Waals surface area contributed by atoms with Gasteiger partial charge in [0, 0.05) is 38.2 Å². The van der Waals surface area contributed by atoms with Crippen molar-refractivity contribution in [3.05, 3.63) is 18.0 Å². The van der Waals surface area contributed by atoms with E-state index in [4.69, 9.17) is 14.5 Å². The predicted molar refractivity (Wildman–Crippen MR) is 98.6 cm³/mol. The molecule has 2 aromatic rings. The van der Waals surface area contributed by atoms with Crippen LogP contribution in [0.1, 0.15) is 25.1 Å². The molecule has 0 radical (unpaired) electrons. The molecule has 0 bridgehead atoms. The Morgan fingerprint density at radius 3 is 2.56 bits per heavy atom. The Balaban J connectivity index is 1.63. The molecule has 1 N–H and O–H groups in total. The van der Waals surface area contributed by atoms with Crippen molar-refractivity contribution < 1.29 is 9.47 Å². The Kier molecular flexibility index (Phi) is 5.08. The summed E-state index contributed by atoms with van der Waals surface area (Å²) in [6.45, 7) is 6.69. The van der Waals surface area contributed by atoms with Crippen molar-refractivity contribution >= 4 is 11.0 Å². The highest BCUT2D eigenvalue weighted by Gasteiger charge is 2.19. The number of rotatable bonds is 6. The Morgan fingerprint density at radius 2 is 1.80 bits per heavy atom. The summed E-state index contributed by atoms with van der Waals surface area (Å²) in [6.07, 6.45) is 4.96. The number of hydrogen-bond donors (Lipinski definition) is 1. The molecular formula is C19H28N4O2. The Bertz CT molecular complexity index is 722. The van der Waals surface area contributed by atoms with Crippen LogP contribution < -0.4 is 14.8 Å². The molecule has 6 nitrogen and oxygen atoms in total. The molecule has 1 aromatic heterocycles. The largest absolute Gasteiger partial charge is 0.486 e. The topological polar surface area (TPSA) is 51.6 Å². The van der Waals surface area contributed by atoms with Gasteiger partial charge in [-0.15, -0.1) is 0 Å². The van der Waals surface area contributed by atoms with Gasteiger partial charge in [-0.2, -0.15) is 0 Å². The van der Waals surface area contributed by atoms with Crippen molar-refractivity contribution in [2.24, 2.45) is 0 Å². The molecule has 3 heterocycles. The molecule has 0 amide bonds. The molecule has 1 saturated heterocycles. The Morgan fingerprint density at radius 1 is 1.04 bits per heavy atom. The smallest absolute Gasteiger partial charge is 0.163 e. The van der Waals surface area contributed by atoms with Gasteiger partial charge in [0.2, 0.25) is 0 Å². The maximum absolute atomic E-state index is 5.78. The molecular weight excluding hydrogens is 316 g/mol. The van der Waals surface area contributed by atoms with Crippen LogP contribution in [0.25, 0.3) is 11.0 Å². The lowest BCUT2D eigenvalue weighted by atomic mass is 10.1. The van der Waals surface area contributed by atoms with E-state index in [0.29, 0.717) is 13.2 Å². The fourth-order valence-corrected chi connectivity index (χ4v) is 3.81. The van der Waals surface area contributed by atoms with Crippen LogP contribution in [0.4, 0.5) is 0 Å². The average molecular weight is 344 g/mol. The zero-order valence-corrected chi connectivity index (χ0v) is 15.1. The number of imidazole rings is 1. The maximum Gasteiger partial charge on any atom is 0.163 e. The van der Waals surface area contributed by atoms with Crippen LogP contribution in [-0.4, -0.2) is 60.9 Å². The number of ether oxygens (including phenoxy) is 2. The maximum atomic E-state index is 5.78. The van der Waals surface area contributed by atoms with Crippen molar-refractivity contribution in [2.45, 2.75) is 32.2 Å². The van der Waals surface area contributed by atoms with Gasteiger partial charge in [0.1, 0.15) is 19.0 Å². The van der Waals surface area contributed by atoms with Gasteiger partial charge < -0.3 is 24.3 Å². The van der Waals surface area contributed by atoms with E-state index in [-0.39, 0.29) is 0 Å². The van der Waals surface area contributed by atoms with E-state index in [1.807, 2.05) is 13.1 Å². The normalized spacial score (nSPS) is 18.0. The highest BCUT2D eigenvalue weighted by molar-refractivity contribution is 5.80. The lowest BCUT2D eigenvalue weighted by molar-refractivity contribution is 0.172. The number of hydrogen-bond acceptors (Lipinski definition) is 5. The zero-order valence-electron chi connectivity index (χ0n) is 15.1. The number of piperidine rings is 1. The number of likely N-dealkylation sites (tertiary alicyclic amines) is 1. The van der Waals surface area contributed by atoms with Crippen LogP contribution >= 0.6 is 0 Å². The summed E-state index contributed by atoms with van der Waals surface area (Å²) in [4.78, 5) is 7.47. The highest BCUT2D eigenvalue weighted by atomic mass is 16.6. The third kappa shape index (κ3) is 3.60. The summed E-state index contributed by atoms with van der Waals surface area (Å²) < 4.78 is 13.9. The molecule has 1 fully saturated rings. The molecule has 2 aliphatic rings. The quantitative estimate of drug-likeness (QED) is 0.869. The molecule has 0 unspecified atom stereocenters. The van der Waals surface area contributed by atoms with Gasteiger partial charge in [-0.3, -0.25) is 0 Å². The number of benzene rings is 1. The van der Waals surface area contributed by atoms with E-state index < -0.39 is 0 Å². The summed E-state index contributed by atoms with van der Waals surface area (Å²) >= 11 is 0. The van der Waals surface area contributed by atoms with Crippen LogP contribution in [0.15, 0.2) is 12.1 Å². The lowest BCUT2D eigenvalue weighted by Crippen LogP contribution is -2.33. The predicted octanol–water partition coefficient (Wildman–Crippen LogP) is 2.06. The molecule has 0 spiro atoms. The lowest BCUT2D eigenvalue weighted by Gasteiger charge is -2.27. The number of fused-ring (bicyclic) bond motifs is 2. The third-order valence-electron chi connectivity index (χ3n) is 5.18. The molecule has 0 saturated carbocycles. The van der Waals surface area contributed by atoms with Crippen LogP contribution in [0.3, 0.4) is 0 Å².